The van der Waals surface area contributed by atoms with Gasteiger partial charge in [-0.15, -0.1) is 0 Å². The van der Waals surface area contributed by atoms with Crippen molar-refractivity contribution in [3.8, 4) is 0 Å². The van der Waals surface area contributed by atoms with Crippen molar-refractivity contribution in [3.05, 3.63) is 0 Å². The van der Waals surface area contributed by atoms with Crippen molar-refractivity contribution in [3.63, 3.8) is 0 Å². The molecule has 0 aromatic rings. The Labute approximate surface area is 113 Å². The zero-order valence-corrected chi connectivity index (χ0v) is 12.5. The van der Waals surface area contributed by atoms with Gasteiger partial charge in [-0.2, -0.15) is 0 Å². The topological polar surface area (TPSA) is 18.5 Å². The van der Waals surface area contributed by atoms with E-state index in [1.807, 2.05) is 0 Å². The normalized spacial score (nSPS) is 35.2. The van der Waals surface area contributed by atoms with Crippen LogP contribution in [-0.4, -0.2) is 61.2 Å². The number of likely N-dealkylation sites (N-methyl/N-ethyl adjacent to an activating group) is 1. The highest BCUT2D eigenvalue weighted by Gasteiger charge is 2.35. The van der Waals surface area contributed by atoms with Crippen molar-refractivity contribution < 1.29 is 0 Å². The van der Waals surface area contributed by atoms with Crippen molar-refractivity contribution >= 4 is 0 Å². The third-order valence-electron chi connectivity index (χ3n) is 4.92. The summed E-state index contributed by atoms with van der Waals surface area (Å²) in [7, 11) is 2.28. The maximum atomic E-state index is 3.81. The Hall–Kier alpha value is -0.120. The third-order valence-corrected chi connectivity index (χ3v) is 4.92. The van der Waals surface area contributed by atoms with E-state index in [0.29, 0.717) is 5.54 Å². The summed E-state index contributed by atoms with van der Waals surface area (Å²) in [4.78, 5) is 5.24. The van der Waals surface area contributed by atoms with Gasteiger partial charge in [0, 0.05) is 37.8 Å². The van der Waals surface area contributed by atoms with Crippen molar-refractivity contribution in [2.24, 2.45) is 0 Å². The van der Waals surface area contributed by atoms with Crippen LogP contribution in [0.3, 0.4) is 0 Å². The van der Waals surface area contributed by atoms with Gasteiger partial charge >= 0.3 is 0 Å². The molecule has 2 fully saturated rings. The van der Waals surface area contributed by atoms with E-state index in [1.165, 1.54) is 64.8 Å². The Balaban J connectivity index is 1.91. The van der Waals surface area contributed by atoms with Gasteiger partial charge in [-0.25, -0.2) is 0 Å². The summed E-state index contributed by atoms with van der Waals surface area (Å²) < 4.78 is 0. The SMILES string of the molecule is CCCC1(CN2CCN(C)C(CC)C2)CCCN1. The summed E-state index contributed by atoms with van der Waals surface area (Å²) in [6.07, 6.45) is 6.67. The van der Waals surface area contributed by atoms with Crippen LogP contribution in [0.15, 0.2) is 0 Å². The molecule has 2 atom stereocenters. The molecule has 2 saturated heterocycles. The zero-order chi connectivity index (χ0) is 13.0. The Morgan fingerprint density at radius 2 is 2.11 bits per heavy atom. The van der Waals surface area contributed by atoms with Crippen LogP contribution in [0, 0.1) is 0 Å². The lowest BCUT2D eigenvalue weighted by Gasteiger charge is -2.43. The molecule has 0 amide bonds. The summed E-state index contributed by atoms with van der Waals surface area (Å²) in [6, 6.07) is 0.763. The first kappa shape index (κ1) is 14.3. The minimum atomic E-state index is 0.433. The number of nitrogens with one attached hydrogen (secondary N) is 1. The summed E-state index contributed by atoms with van der Waals surface area (Å²) in [6.45, 7) is 10.9. The molecule has 3 heteroatoms. The predicted molar refractivity (Wildman–Crippen MR) is 78.0 cm³/mol. The van der Waals surface area contributed by atoms with Gasteiger partial charge in [-0.05, 0) is 39.3 Å². The highest BCUT2D eigenvalue weighted by Crippen LogP contribution is 2.27. The fraction of sp³-hybridized carbons (Fsp3) is 1.00. The van der Waals surface area contributed by atoms with Crippen molar-refractivity contribution in [1.29, 1.82) is 0 Å². The van der Waals surface area contributed by atoms with Gasteiger partial charge in [0.2, 0.25) is 0 Å². The standard InChI is InChI=1S/C15H31N3/c1-4-7-15(8-6-9-16-15)13-18-11-10-17(3)14(5-2)12-18/h14,16H,4-13H2,1-3H3. The van der Waals surface area contributed by atoms with E-state index in [1.54, 1.807) is 0 Å². The fourth-order valence-corrected chi connectivity index (χ4v) is 3.80. The van der Waals surface area contributed by atoms with Crippen LogP contribution in [0.25, 0.3) is 0 Å². The third kappa shape index (κ3) is 3.25. The molecule has 2 unspecified atom stereocenters. The second kappa shape index (κ2) is 6.36. The van der Waals surface area contributed by atoms with E-state index < -0.39 is 0 Å². The second-order valence-corrected chi connectivity index (χ2v) is 6.34. The number of hydrogen-bond donors (Lipinski definition) is 1. The van der Waals surface area contributed by atoms with E-state index in [0.717, 1.165) is 6.04 Å². The van der Waals surface area contributed by atoms with Gasteiger partial charge in [-0.1, -0.05) is 20.3 Å². The molecule has 106 valence electrons. The molecule has 2 aliphatic rings. The Kier molecular flexibility index (Phi) is 5.05. The van der Waals surface area contributed by atoms with E-state index in [-0.39, 0.29) is 0 Å². The van der Waals surface area contributed by atoms with Gasteiger partial charge < -0.3 is 10.2 Å². The smallest absolute Gasteiger partial charge is 0.0309 e. The molecular weight excluding hydrogens is 222 g/mol. The largest absolute Gasteiger partial charge is 0.310 e. The molecule has 0 saturated carbocycles. The molecule has 18 heavy (non-hydrogen) atoms. The lowest BCUT2D eigenvalue weighted by molar-refractivity contribution is 0.0701. The van der Waals surface area contributed by atoms with E-state index in [2.05, 4.69) is 36.0 Å². The van der Waals surface area contributed by atoms with E-state index >= 15 is 0 Å². The van der Waals surface area contributed by atoms with Crippen LogP contribution in [0.5, 0.6) is 0 Å². The summed E-state index contributed by atoms with van der Waals surface area (Å²) in [5.41, 5.74) is 0.433. The van der Waals surface area contributed by atoms with Crippen LogP contribution in [0.2, 0.25) is 0 Å². The van der Waals surface area contributed by atoms with Crippen molar-refractivity contribution in [1.82, 2.24) is 15.1 Å². The first-order chi connectivity index (χ1) is 8.69. The molecule has 0 aromatic heterocycles. The van der Waals surface area contributed by atoms with Crippen molar-refractivity contribution in [2.45, 2.75) is 57.5 Å². The summed E-state index contributed by atoms with van der Waals surface area (Å²) >= 11 is 0. The number of piperazine rings is 1. The number of rotatable bonds is 5. The molecular formula is C15H31N3. The molecule has 0 spiro atoms. The Morgan fingerprint density at radius 1 is 1.28 bits per heavy atom. The Morgan fingerprint density at radius 3 is 2.72 bits per heavy atom. The molecule has 2 rings (SSSR count). The lowest BCUT2D eigenvalue weighted by Crippen LogP contribution is -2.57. The summed E-state index contributed by atoms with van der Waals surface area (Å²) in [5.74, 6) is 0. The van der Waals surface area contributed by atoms with Crippen LogP contribution in [0.4, 0.5) is 0 Å². The first-order valence-electron chi connectivity index (χ1n) is 7.87. The van der Waals surface area contributed by atoms with E-state index in [9.17, 15) is 0 Å². The van der Waals surface area contributed by atoms with Gasteiger partial charge in [0.05, 0.1) is 0 Å². The van der Waals surface area contributed by atoms with Gasteiger partial charge in [0.25, 0.3) is 0 Å². The summed E-state index contributed by atoms with van der Waals surface area (Å²) in [5, 5.41) is 3.81. The average Bonchev–Trinajstić information content (AvgIpc) is 2.81. The maximum Gasteiger partial charge on any atom is 0.0309 e. The lowest BCUT2D eigenvalue weighted by atomic mass is 9.90. The zero-order valence-electron chi connectivity index (χ0n) is 12.5. The molecule has 2 aliphatic heterocycles. The quantitative estimate of drug-likeness (QED) is 0.808. The van der Waals surface area contributed by atoms with Gasteiger partial charge in [0.15, 0.2) is 0 Å². The molecule has 0 radical (unpaired) electrons. The number of nitrogens with zero attached hydrogens (tertiary/aromatic N) is 2. The molecule has 0 aromatic carbocycles. The second-order valence-electron chi connectivity index (χ2n) is 6.34. The maximum absolute atomic E-state index is 3.81. The molecule has 0 bridgehead atoms. The van der Waals surface area contributed by atoms with Crippen molar-refractivity contribution in [2.75, 3.05) is 39.8 Å². The molecule has 0 aliphatic carbocycles. The minimum Gasteiger partial charge on any atom is -0.310 e. The van der Waals surface area contributed by atoms with Crippen LogP contribution in [-0.2, 0) is 0 Å². The van der Waals surface area contributed by atoms with Crippen LogP contribution < -0.4 is 5.32 Å². The highest BCUT2D eigenvalue weighted by atomic mass is 15.3. The monoisotopic (exact) mass is 253 g/mol. The van der Waals surface area contributed by atoms with Gasteiger partial charge in [-0.3, -0.25) is 4.90 Å². The van der Waals surface area contributed by atoms with Gasteiger partial charge in [0.1, 0.15) is 0 Å². The highest BCUT2D eigenvalue weighted by molar-refractivity contribution is 4.96. The predicted octanol–water partition coefficient (Wildman–Crippen LogP) is 1.93. The number of hydrogen-bond acceptors (Lipinski definition) is 3. The van der Waals surface area contributed by atoms with Crippen LogP contribution in [0.1, 0.15) is 46.0 Å². The molecule has 2 heterocycles. The fourth-order valence-electron chi connectivity index (χ4n) is 3.80. The molecule has 1 N–H and O–H groups in total. The van der Waals surface area contributed by atoms with E-state index in [4.69, 9.17) is 0 Å². The van der Waals surface area contributed by atoms with Crippen LogP contribution >= 0.6 is 0 Å². The average molecular weight is 253 g/mol. The molecule has 3 nitrogen and oxygen atoms in total. The first-order valence-corrected chi connectivity index (χ1v) is 7.87. The Bertz CT molecular complexity index is 248. The minimum absolute atomic E-state index is 0.433.